The van der Waals surface area contributed by atoms with Crippen molar-refractivity contribution >= 4 is 41.3 Å². The minimum Gasteiger partial charge on any atom is -0.462 e. The zero-order valence-corrected chi connectivity index (χ0v) is 17.2. The summed E-state index contributed by atoms with van der Waals surface area (Å²) in [7, 11) is 0. The third kappa shape index (κ3) is 6.03. The van der Waals surface area contributed by atoms with E-state index in [0.717, 1.165) is 5.56 Å². The summed E-state index contributed by atoms with van der Waals surface area (Å²) in [6, 6.07) is 16.5. The molecule has 0 atom stereocenters. The molecule has 0 fully saturated rings. The van der Waals surface area contributed by atoms with Crippen LogP contribution >= 0.6 is 11.6 Å². The number of benzene rings is 2. The fourth-order valence-electron chi connectivity index (χ4n) is 2.52. The summed E-state index contributed by atoms with van der Waals surface area (Å²) in [6.45, 7) is 1.97. The number of ether oxygens (including phenoxy) is 1. The number of nitrogens with zero attached hydrogens (tertiary/aromatic N) is 1. The highest BCUT2D eigenvalue weighted by molar-refractivity contribution is 6.39. The lowest BCUT2D eigenvalue weighted by atomic mass is 10.2. The number of nitrogens with one attached hydrogen (secondary N) is 2. The predicted molar refractivity (Wildman–Crippen MR) is 116 cm³/mol. The van der Waals surface area contributed by atoms with Crippen LogP contribution in [-0.4, -0.2) is 30.6 Å². The second kappa shape index (κ2) is 10.2. The van der Waals surface area contributed by atoms with Crippen molar-refractivity contribution in [3.8, 4) is 11.3 Å². The SMILES string of the molecule is CCOC(=O)c1ccc(NC(=O)C(=O)N/N=C/c2ccc(-c3cccc(Cl)c3)o2)cc1. The number of esters is 1. The van der Waals surface area contributed by atoms with Crippen LogP contribution in [0.1, 0.15) is 23.0 Å². The number of halogens is 1. The van der Waals surface area contributed by atoms with Crippen LogP contribution in [0.4, 0.5) is 5.69 Å². The van der Waals surface area contributed by atoms with Crippen LogP contribution in [0.15, 0.2) is 70.2 Å². The van der Waals surface area contributed by atoms with E-state index >= 15 is 0 Å². The summed E-state index contributed by atoms with van der Waals surface area (Å²) in [5.74, 6) is -1.39. The summed E-state index contributed by atoms with van der Waals surface area (Å²) < 4.78 is 10.5. The van der Waals surface area contributed by atoms with Crippen molar-refractivity contribution in [2.24, 2.45) is 5.10 Å². The quantitative estimate of drug-likeness (QED) is 0.262. The summed E-state index contributed by atoms with van der Waals surface area (Å²) in [4.78, 5) is 35.5. The lowest BCUT2D eigenvalue weighted by Crippen LogP contribution is -2.32. The monoisotopic (exact) mass is 439 g/mol. The first-order chi connectivity index (χ1) is 15.0. The molecule has 3 aromatic rings. The minimum absolute atomic E-state index is 0.262. The maximum atomic E-state index is 12.0. The zero-order valence-electron chi connectivity index (χ0n) is 16.4. The molecular weight excluding hydrogens is 422 g/mol. The molecule has 0 aliphatic rings. The summed E-state index contributed by atoms with van der Waals surface area (Å²) in [5.41, 5.74) is 3.59. The van der Waals surface area contributed by atoms with Crippen LogP contribution in [0.2, 0.25) is 5.02 Å². The van der Waals surface area contributed by atoms with Crippen LogP contribution in [0.5, 0.6) is 0 Å². The molecule has 0 aliphatic heterocycles. The number of amides is 2. The number of hydrogen-bond donors (Lipinski definition) is 2. The van der Waals surface area contributed by atoms with E-state index in [1.54, 1.807) is 37.3 Å². The van der Waals surface area contributed by atoms with Gasteiger partial charge in [0.05, 0.1) is 18.4 Å². The molecule has 1 aromatic heterocycles. The predicted octanol–water partition coefficient (Wildman–Crippen LogP) is 3.87. The van der Waals surface area contributed by atoms with Crippen molar-refractivity contribution in [1.29, 1.82) is 0 Å². The summed E-state index contributed by atoms with van der Waals surface area (Å²) >= 11 is 5.97. The van der Waals surface area contributed by atoms with Crippen molar-refractivity contribution in [1.82, 2.24) is 5.43 Å². The molecule has 2 aromatic carbocycles. The molecule has 0 unspecified atom stereocenters. The highest BCUT2D eigenvalue weighted by atomic mass is 35.5. The number of rotatable bonds is 6. The van der Waals surface area contributed by atoms with Crippen molar-refractivity contribution in [2.45, 2.75) is 6.92 Å². The van der Waals surface area contributed by atoms with Crippen LogP contribution in [0.3, 0.4) is 0 Å². The Hall–Kier alpha value is -3.91. The van der Waals surface area contributed by atoms with Gasteiger partial charge in [-0.25, -0.2) is 10.2 Å². The van der Waals surface area contributed by atoms with Gasteiger partial charge in [0.15, 0.2) is 0 Å². The molecule has 1 heterocycles. The van der Waals surface area contributed by atoms with E-state index < -0.39 is 17.8 Å². The zero-order chi connectivity index (χ0) is 22.2. The van der Waals surface area contributed by atoms with E-state index in [4.69, 9.17) is 20.8 Å². The molecule has 0 radical (unpaired) electrons. The largest absolute Gasteiger partial charge is 0.462 e. The second-order valence-corrected chi connectivity index (χ2v) is 6.60. The molecule has 31 heavy (non-hydrogen) atoms. The van der Waals surface area contributed by atoms with Crippen molar-refractivity contribution in [3.63, 3.8) is 0 Å². The van der Waals surface area contributed by atoms with Gasteiger partial charge in [0.25, 0.3) is 0 Å². The van der Waals surface area contributed by atoms with Gasteiger partial charge in [-0.2, -0.15) is 5.10 Å². The number of hydrazone groups is 1. The molecular formula is C22H18ClN3O5. The van der Waals surface area contributed by atoms with Crippen molar-refractivity contribution < 1.29 is 23.5 Å². The molecule has 0 spiro atoms. The molecule has 2 N–H and O–H groups in total. The topological polar surface area (TPSA) is 110 Å². The fraction of sp³-hybridized carbons (Fsp3) is 0.0909. The van der Waals surface area contributed by atoms with Gasteiger partial charge in [-0.05, 0) is 55.5 Å². The Bertz CT molecular complexity index is 1120. The van der Waals surface area contributed by atoms with Crippen LogP contribution in [-0.2, 0) is 14.3 Å². The Kier molecular flexibility index (Phi) is 7.18. The Labute approximate surface area is 182 Å². The fourth-order valence-corrected chi connectivity index (χ4v) is 2.71. The molecule has 8 nitrogen and oxygen atoms in total. The number of hydrogen-bond acceptors (Lipinski definition) is 6. The Morgan fingerprint density at radius 2 is 1.84 bits per heavy atom. The van der Waals surface area contributed by atoms with E-state index in [9.17, 15) is 14.4 Å². The van der Waals surface area contributed by atoms with Gasteiger partial charge >= 0.3 is 17.8 Å². The van der Waals surface area contributed by atoms with Gasteiger partial charge in [-0.15, -0.1) is 0 Å². The lowest BCUT2D eigenvalue weighted by Gasteiger charge is -2.05. The average Bonchev–Trinajstić information content (AvgIpc) is 3.23. The lowest BCUT2D eigenvalue weighted by molar-refractivity contribution is -0.136. The van der Waals surface area contributed by atoms with Crippen LogP contribution < -0.4 is 10.7 Å². The first-order valence-corrected chi connectivity index (χ1v) is 9.61. The molecule has 0 bridgehead atoms. The molecule has 0 saturated heterocycles. The highest BCUT2D eigenvalue weighted by Crippen LogP contribution is 2.24. The van der Waals surface area contributed by atoms with Gasteiger partial charge in [0, 0.05) is 16.3 Å². The molecule has 158 valence electrons. The third-order valence-corrected chi connectivity index (χ3v) is 4.19. The Morgan fingerprint density at radius 1 is 1.06 bits per heavy atom. The van der Waals surface area contributed by atoms with Gasteiger partial charge in [-0.1, -0.05) is 23.7 Å². The van der Waals surface area contributed by atoms with Crippen molar-refractivity contribution in [3.05, 3.63) is 77.0 Å². The molecule has 0 aliphatic carbocycles. The van der Waals surface area contributed by atoms with E-state index in [-0.39, 0.29) is 6.61 Å². The molecule has 3 rings (SSSR count). The summed E-state index contributed by atoms with van der Waals surface area (Å²) in [5, 5.41) is 6.71. The Balaban J connectivity index is 1.53. The molecule has 9 heteroatoms. The maximum Gasteiger partial charge on any atom is 0.338 e. The maximum absolute atomic E-state index is 12.0. The van der Waals surface area contributed by atoms with Gasteiger partial charge in [0.2, 0.25) is 0 Å². The summed E-state index contributed by atoms with van der Waals surface area (Å²) in [6.07, 6.45) is 1.27. The first-order valence-electron chi connectivity index (χ1n) is 9.23. The second-order valence-electron chi connectivity index (χ2n) is 6.16. The normalized spacial score (nSPS) is 10.6. The molecule has 0 saturated carbocycles. The average molecular weight is 440 g/mol. The number of carbonyl (C=O) groups is 3. The third-order valence-electron chi connectivity index (χ3n) is 3.95. The van der Waals surface area contributed by atoms with Crippen LogP contribution in [0, 0.1) is 0 Å². The number of furan rings is 1. The van der Waals surface area contributed by atoms with Crippen LogP contribution in [0.25, 0.3) is 11.3 Å². The van der Waals surface area contributed by atoms with E-state index in [1.807, 2.05) is 6.07 Å². The standard InChI is InChI=1S/C22H18ClN3O5/c1-2-30-22(29)14-6-8-17(9-7-14)25-20(27)21(28)26-24-13-18-10-11-19(31-18)15-4-3-5-16(23)12-15/h3-13H,2H2,1H3,(H,25,27)(H,26,28)/b24-13+. The van der Waals surface area contributed by atoms with Gasteiger partial charge < -0.3 is 14.5 Å². The smallest absolute Gasteiger partial charge is 0.338 e. The van der Waals surface area contributed by atoms with Gasteiger partial charge in [-0.3, -0.25) is 9.59 Å². The first kappa shape index (κ1) is 21.8. The Morgan fingerprint density at radius 3 is 2.55 bits per heavy atom. The highest BCUT2D eigenvalue weighted by Gasteiger charge is 2.14. The van der Waals surface area contributed by atoms with E-state index in [0.29, 0.717) is 27.8 Å². The molecule has 2 amide bonds. The number of anilines is 1. The van der Waals surface area contributed by atoms with E-state index in [1.165, 1.54) is 30.5 Å². The minimum atomic E-state index is -0.965. The van der Waals surface area contributed by atoms with Crippen molar-refractivity contribution in [2.75, 3.05) is 11.9 Å². The number of carbonyl (C=O) groups excluding carboxylic acids is 3. The van der Waals surface area contributed by atoms with E-state index in [2.05, 4.69) is 15.8 Å². The van der Waals surface area contributed by atoms with Gasteiger partial charge in [0.1, 0.15) is 11.5 Å².